The van der Waals surface area contributed by atoms with E-state index in [9.17, 15) is 5.11 Å². The molecule has 3 rings (SSSR count). The van der Waals surface area contributed by atoms with Crippen LogP contribution in [0.2, 0.25) is 0 Å². The fourth-order valence-electron chi connectivity index (χ4n) is 3.32. The largest absolute Gasteiger partial charge is 0.508 e. The normalized spacial score (nSPS) is 19.8. The van der Waals surface area contributed by atoms with E-state index in [-0.39, 0.29) is 11.8 Å². The molecule has 0 aromatic heterocycles. The fraction of sp³-hybridized carbons (Fsp3) is 0.350. The predicted octanol–water partition coefficient (Wildman–Crippen LogP) is 2.84. The predicted molar refractivity (Wildman–Crippen MR) is 98.0 cm³/mol. The van der Waals surface area contributed by atoms with Crippen molar-refractivity contribution >= 4 is 5.71 Å². The molecule has 3 N–H and O–H groups in total. The van der Waals surface area contributed by atoms with E-state index in [0.29, 0.717) is 11.6 Å². The average molecular weight is 323 g/mol. The van der Waals surface area contributed by atoms with Crippen LogP contribution in [0.5, 0.6) is 5.75 Å². The fourth-order valence-corrected chi connectivity index (χ4v) is 3.32. The van der Waals surface area contributed by atoms with Gasteiger partial charge in [0, 0.05) is 31.7 Å². The third kappa shape index (κ3) is 4.02. The Labute approximate surface area is 143 Å². The van der Waals surface area contributed by atoms with Crippen molar-refractivity contribution in [1.29, 1.82) is 5.41 Å². The number of phenols is 1. The van der Waals surface area contributed by atoms with Crippen LogP contribution in [0.15, 0.2) is 54.6 Å². The SMILES string of the molecule is CC(CN1CCNC(C(=N)c2cccc(O)c2)C1)c1ccccc1. The summed E-state index contributed by atoms with van der Waals surface area (Å²) < 4.78 is 0. The monoisotopic (exact) mass is 323 g/mol. The van der Waals surface area contributed by atoms with Gasteiger partial charge in [-0.15, -0.1) is 0 Å². The van der Waals surface area contributed by atoms with Gasteiger partial charge in [-0.2, -0.15) is 0 Å². The number of piperazine rings is 1. The smallest absolute Gasteiger partial charge is 0.116 e. The molecule has 0 amide bonds. The number of hydrogen-bond donors (Lipinski definition) is 3. The van der Waals surface area contributed by atoms with E-state index in [1.54, 1.807) is 18.2 Å². The molecule has 4 nitrogen and oxygen atoms in total. The molecule has 1 fully saturated rings. The van der Waals surface area contributed by atoms with Crippen LogP contribution in [-0.2, 0) is 0 Å². The second kappa shape index (κ2) is 7.60. The summed E-state index contributed by atoms with van der Waals surface area (Å²) in [7, 11) is 0. The molecular formula is C20H25N3O. The quantitative estimate of drug-likeness (QED) is 0.742. The van der Waals surface area contributed by atoms with Crippen molar-refractivity contribution in [3.63, 3.8) is 0 Å². The molecule has 1 aliphatic rings. The summed E-state index contributed by atoms with van der Waals surface area (Å²) in [6.07, 6.45) is 0. The van der Waals surface area contributed by atoms with E-state index in [2.05, 4.69) is 41.4 Å². The third-order valence-corrected chi connectivity index (χ3v) is 4.67. The van der Waals surface area contributed by atoms with E-state index in [1.165, 1.54) is 5.56 Å². The van der Waals surface area contributed by atoms with Gasteiger partial charge in [-0.25, -0.2) is 0 Å². The van der Waals surface area contributed by atoms with Crippen molar-refractivity contribution in [3.8, 4) is 5.75 Å². The van der Waals surface area contributed by atoms with Crippen molar-refractivity contribution in [2.75, 3.05) is 26.2 Å². The van der Waals surface area contributed by atoms with E-state index in [0.717, 1.165) is 31.7 Å². The second-order valence-corrected chi connectivity index (χ2v) is 6.54. The van der Waals surface area contributed by atoms with E-state index >= 15 is 0 Å². The first-order valence-corrected chi connectivity index (χ1v) is 8.52. The minimum atomic E-state index is 0.00326. The first-order valence-electron chi connectivity index (χ1n) is 8.52. The van der Waals surface area contributed by atoms with Crippen LogP contribution in [0.25, 0.3) is 0 Å². The number of aromatic hydroxyl groups is 1. The number of rotatable bonds is 5. The Bertz CT molecular complexity index is 686. The lowest BCUT2D eigenvalue weighted by Crippen LogP contribution is -2.54. The number of phenolic OH excluding ortho intramolecular Hbond substituents is 1. The van der Waals surface area contributed by atoms with Gasteiger partial charge in [-0.1, -0.05) is 49.4 Å². The maximum atomic E-state index is 9.63. The topological polar surface area (TPSA) is 59.4 Å². The first-order chi connectivity index (χ1) is 11.6. The number of nitrogens with zero attached hydrogens (tertiary/aromatic N) is 1. The number of hydrogen-bond acceptors (Lipinski definition) is 4. The summed E-state index contributed by atoms with van der Waals surface area (Å²) in [6, 6.07) is 17.6. The molecular weight excluding hydrogens is 298 g/mol. The van der Waals surface area contributed by atoms with Crippen LogP contribution in [-0.4, -0.2) is 47.9 Å². The minimum absolute atomic E-state index is 0.00326. The molecule has 126 valence electrons. The molecule has 2 atom stereocenters. The number of nitrogens with one attached hydrogen (secondary N) is 2. The Balaban J connectivity index is 1.63. The Morgan fingerprint density at radius 3 is 2.79 bits per heavy atom. The molecule has 1 saturated heterocycles. The summed E-state index contributed by atoms with van der Waals surface area (Å²) >= 11 is 0. The van der Waals surface area contributed by atoms with E-state index in [1.807, 2.05) is 12.1 Å². The highest BCUT2D eigenvalue weighted by Gasteiger charge is 2.24. The molecule has 2 unspecified atom stereocenters. The molecule has 0 saturated carbocycles. The zero-order valence-corrected chi connectivity index (χ0v) is 14.1. The van der Waals surface area contributed by atoms with E-state index in [4.69, 9.17) is 5.41 Å². The summed E-state index contributed by atoms with van der Waals surface area (Å²) in [6.45, 7) is 5.96. The molecule has 0 bridgehead atoms. The van der Waals surface area contributed by atoms with Gasteiger partial charge in [0.2, 0.25) is 0 Å². The van der Waals surface area contributed by atoms with Gasteiger partial charge >= 0.3 is 0 Å². The lowest BCUT2D eigenvalue weighted by atomic mass is 9.98. The Kier molecular flexibility index (Phi) is 5.28. The lowest BCUT2D eigenvalue weighted by molar-refractivity contribution is 0.214. The van der Waals surface area contributed by atoms with Gasteiger partial charge in [0.1, 0.15) is 5.75 Å². The van der Waals surface area contributed by atoms with E-state index < -0.39 is 0 Å². The Morgan fingerprint density at radius 2 is 2.04 bits per heavy atom. The highest BCUT2D eigenvalue weighted by atomic mass is 16.3. The molecule has 4 heteroatoms. The first kappa shape index (κ1) is 16.7. The lowest BCUT2D eigenvalue weighted by Gasteiger charge is -2.35. The van der Waals surface area contributed by atoms with Crippen molar-refractivity contribution < 1.29 is 5.11 Å². The highest BCUT2D eigenvalue weighted by molar-refractivity contribution is 6.02. The van der Waals surface area contributed by atoms with Gasteiger partial charge in [0.25, 0.3) is 0 Å². The van der Waals surface area contributed by atoms with Crippen LogP contribution < -0.4 is 5.32 Å². The van der Waals surface area contributed by atoms with Gasteiger partial charge in [-0.05, 0) is 23.6 Å². The highest BCUT2D eigenvalue weighted by Crippen LogP contribution is 2.18. The molecule has 2 aromatic rings. The minimum Gasteiger partial charge on any atom is -0.508 e. The maximum Gasteiger partial charge on any atom is 0.116 e. The third-order valence-electron chi connectivity index (χ3n) is 4.67. The van der Waals surface area contributed by atoms with Crippen LogP contribution in [0.4, 0.5) is 0 Å². The molecule has 0 aliphatic carbocycles. The van der Waals surface area contributed by atoms with Crippen LogP contribution in [0.3, 0.4) is 0 Å². The Hall–Kier alpha value is -2.17. The molecule has 0 radical (unpaired) electrons. The zero-order chi connectivity index (χ0) is 16.9. The Morgan fingerprint density at radius 1 is 1.25 bits per heavy atom. The van der Waals surface area contributed by atoms with Gasteiger partial charge < -0.3 is 15.8 Å². The molecule has 0 spiro atoms. The second-order valence-electron chi connectivity index (χ2n) is 6.54. The van der Waals surface area contributed by atoms with Gasteiger partial charge in [0.05, 0.1) is 11.8 Å². The van der Waals surface area contributed by atoms with Gasteiger partial charge in [0.15, 0.2) is 0 Å². The summed E-state index contributed by atoms with van der Waals surface area (Å²) in [5.41, 5.74) is 2.68. The molecule has 1 heterocycles. The standard InChI is InChI=1S/C20H25N3O/c1-15(16-6-3-2-4-7-16)13-23-11-10-22-19(14-23)20(21)17-8-5-9-18(24)12-17/h2-9,12,15,19,21-22,24H,10-11,13-14H2,1H3. The molecule has 1 aliphatic heterocycles. The van der Waals surface area contributed by atoms with Crippen LogP contribution in [0.1, 0.15) is 24.0 Å². The van der Waals surface area contributed by atoms with Crippen molar-refractivity contribution in [2.45, 2.75) is 18.9 Å². The van der Waals surface area contributed by atoms with Crippen LogP contribution in [0, 0.1) is 5.41 Å². The summed E-state index contributed by atoms with van der Waals surface area (Å²) in [5, 5.41) is 21.5. The number of benzene rings is 2. The van der Waals surface area contributed by atoms with Crippen molar-refractivity contribution in [3.05, 3.63) is 65.7 Å². The average Bonchev–Trinajstić information content (AvgIpc) is 2.62. The summed E-state index contributed by atoms with van der Waals surface area (Å²) in [5.74, 6) is 0.683. The van der Waals surface area contributed by atoms with Gasteiger partial charge in [-0.3, -0.25) is 4.90 Å². The van der Waals surface area contributed by atoms with Crippen LogP contribution >= 0.6 is 0 Å². The maximum absolute atomic E-state index is 9.63. The molecule has 24 heavy (non-hydrogen) atoms. The summed E-state index contributed by atoms with van der Waals surface area (Å²) in [4.78, 5) is 2.43. The van der Waals surface area contributed by atoms with Crippen molar-refractivity contribution in [1.82, 2.24) is 10.2 Å². The molecule has 2 aromatic carbocycles. The van der Waals surface area contributed by atoms with Crippen molar-refractivity contribution in [2.24, 2.45) is 0 Å². The zero-order valence-electron chi connectivity index (χ0n) is 14.1.